The number of nitro groups is 1. The van der Waals surface area contributed by atoms with Crippen LogP contribution in [0.4, 0.5) is 11.4 Å². The van der Waals surface area contributed by atoms with E-state index in [0.717, 1.165) is 22.2 Å². The second-order valence-electron chi connectivity index (χ2n) is 9.53. The van der Waals surface area contributed by atoms with Crippen LogP contribution in [0.25, 0.3) is 0 Å². The number of carbonyl (C=O) groups excluding carboxylic acids is 2. The molecule has 42 heavy (non-hydrogen) atoms. The van der Waals surface area contributed by atoms with E-state index in [4.69, 9.17) is 16.3 Å². The van der Waals surface area contributed by atoms with Crippen LogP contribution in [0, 0.1) is 10.1 Å². The molecule has 1 N–H and O–H groups in total. The molecule has 3 aromatic rings. The fraction of sp³-hybridized carbons (Fsp3) is 0.310. The van der Waals surface area contributed by atoms with Crippen molar-refractivity contribution in [1.29, 1.82) is 0 Å². The van der Waals surface area contributed by atoms with Crippen molar-refractivity contribution in [2.75, 3.05) is 30.8 Å². The van der Waals surface area contributed by atoms with Gasteiger partial charge >= 0.3 is 0 Å². The maximum atomic E-state index is 14.1. The predicted octanol–water partition coefficient (Wildman–Crippen LogP) is 4.19. The average Bonchev–Trinajstić information content (AvgIpc) is 2.96. The number of sulfonamides is 1. The Kier molecular flexibility index (Phi) is 11.3. The monoisotopic (exact) mass is 616 g/mol. The molecule has 3 rings (SSSR count). The lowest BCUT2D eigenvalue weighted by Crippen LogP contribution is -2.53. The van der Waals surface area contributed by atoms with E-state index in [-0.39, 0.29) is 30.1 Å². The highest BCUT2D eigenvalue weighted by atomic mass is 35.5. The normalized spacial score (nSPS) is 11.8. The summed E-state index contributed by atoms with van der Waals surface area (Å²) in [5, 5.41) is 14.8. The number of amides is 2. The molecule has 0 saturated heterocycles. The van der Waals surface area contributed by atoms with Crippen molar-refractivity contribution < 1.29 is 27.7 Å². The van der Waals surface area contributed by atoms with Crippen LogP contribution in [0.15, 0.2) is 72.8 Å². The molecule has 0 radical (unpaired) electrons. The molecular weight excluding hydrogens is 584 g/mol. The minimum Gasteiger partial charge on any atom is -0.495 e. The lowest BCUT2D eigenvalue weighted by molar-refractivity contribution is -0.384. The van der Waals surface area contributed by atoms with E-state index in [1.165, 1.54) is 24.1 Å². The Hall–Kier alpha value is -4.16. The van der Waals surface area contributed by atoms with Crippen LogP contribution < -0.4 is 14.4 Å². The molecule has 0 fully saturated rings. The maximum Gasteiger partial charge on any atom is 0.271 e. The zero-order chi connectivity index (χ0) is 30.9. The van der Waals surface area contributed by atoms with Gasteiger partial charge < -0.3 is 15.0 Å². The van der Waals surface area contributed by atoms with Gasteiger partial charge in [-0.05, 0) is 35.7 Å². The molecule has 0 aliphatic carbocycles. The van der Waals surface area contributed by atoms with Gasteiger partial charge in [0.1, 0.15) is 24.0 Å². The molecule has 0 unspecified atom stereocenters. The van der Waals surface area contributed by atoms with Gasteiger partial charge in [-0.25, -0.2) is 8.42 Å². The summed E-state index contributed by atoms with van der Waals surface area (Å²) < 4.78 is 32.0. The molecule has 0 aliphatic rings. The molecule has 2 amide bonds. The van der Waals surface area contributed by atoms with E-state index in [9.17, 15) is 28.1 Å². The fourth-order valence-electron chi connectivity index (χ4n) is 4.29. The standard InChI is InChI=1S/C29H33ClN4O7S/c1-4-16-31-29(36)26(17-21-8-6-5-7-9-21)32(19-22-10-12-23(30)13-11-22)28(35)20-33(42(3,39)40)25-18-24(34(37)38)14-15-27(25)41-2/h5-15,18,26H,4,16-17,19-20H2,1-3H3,(H,31,36)/t26-/m0/s1. The number of benzene rings is 3. The zero-order valence-electron chi connectivity index (χ0n) is 23.5. The summed E-state index contributed by atoms with van der Waals surface area (Å²) in [6.07, 6.45) is 1.72. The van der Waals surface area contributed by atoms with Gasteiger partial charge in [0.05, 0.1) is 18.3 Å². The summed E-state index contributed by atoms with van der Waals surface area (Å²) >= 11 is 6.06. The van der Waals surface area contributed by atoms with Gasteiger partial charge in [0.25, 0.3) is 5.69 Å². The van der Waals surface area contributed by atoms with Crippen molar-refractivity contribution in [1.82, 2.24) is 10.2 Å². The van der Waals surface area contributed by atoms with Crippen molar-refractivity contribution in [2.24, 2.45) is 0 Å². The second-order valence-corrected chi connectivity index (χ2v) is 11.9. The van der Waals surface area contributed by atoms with Crippen molar-refractivity contribution in [2.45, 2.75) is 32.4 Å². The fourth-order valence-corrected chi connectivity index (χ4v) is 5.26. The lowest BCUT2D eigenvalue weighted by Gasteiger charge is -2.33. The summed E-state index contributed by atoms with van der Waals surface area (Å²) in [5.74, 6) is -1.08. The zero-order valence-corrected chi connectivity index (χ0v) is 25.1. The Bertz CT molecular complexity index is 1500. The molecule has 11 nitrogen and oxygen atoms in total. The van der Waals surface area contributed by atoms with E-state index in [0.29, 0.717) is 23.6 Å². The number of rotatable bonds is 14. The van der Waals surface area contributed by atoms with Gasteiger partial charge in [0.15, 0.2) is 0 Å². The molecule has 0 aromatic heterocycles. The van der Waals surface area contributed by atoms with Crippen LogP contribution in [0.2, 0.25) is 5.02 Å². The van der Waals surface area contributed by atoms with E-state index >= 15 is 0 Å². The topological polar surface area (TPSA) is 139 Å². The Morgan fingerprint density at radius 1 is 1.05 bits per heavy atom. The molecule has 13 heteroatoms. The van der Waals surface area contributed by atoms with Crippen LogP contribution in [-0.4, -0.2) is 62.6 Å². The Morgan fingerprint density at radius 3 is 2.29 bits per heavy atom. The highest BCUT2D eigenvalue weighted by molar-refractivity contribution is 7.92. The number of anilines is 1. The van der Waals surface area contributed by atoms with Gasteiger partial charge in [-0.1, -0.05) is 61.0 Å². The lowest BCUT2D eigenvalue weighted by atomic mass is 10.0. The molecule has 0 spiro atoms. The highest BCUT2D eigenvalue weighted by Crippen LogP contribution is 2.34. The maximum absolute atomic E-state index is 14.1. The number of ether oxygens (including phenoxy) is 1. The Labute approximate surface area is 250 Å². The Morgan fingerprint density at radius 2 is 1.71 bits per heavy atom. The smallest absolute Gasteiger partial charge is 0.271 e. The molecular formula is C29H33ClN4O7S. The number of non-ortho nitro benzene ring substituents is 1. The number of nitrogens with zero attached hydrogens (tertiary/aromatic N) is 3. The van der Waals surface area contributed by atoms with Crippen molar-refractivity contribution in [3.8, 4) is 5.75 Å². The number of nitro benzene ring substituents is 1. The number of methoxy groups -OCH3 is 1. The molecule has 0 bridgehead atoms. The third-order valence-corrected chi connectivity index (χ3v) is 7.79. The number of hydrogen-bond acceptors (Lipinski definition) is 7. The number of nitrogens with one attached hydrogen (secondary N) is 1. The van der Waals surface area contributed by atoms with Crippen molar-refractivity contribution in [3.05, 3.63) is 99.1 Å². The van der Waals surface area contributed by atoms with Crippen LogP contribution in [0.1, 0.15) is 24.5 Å². The molecule has 1 atom stereocenters. The van der Waals surface area contributed by atoms with E-state index in [2.05, 4.69) is 5.32 Å². The highest BCUT2D eigenvalue weighted by Gasteiger charge is 2.34. The number of carbonyl (C=O) groups is 2. The van der Waals surface area contributed by atoms with Gasteiger partial charge in [-0.15, -0.1) is 0 Å². The summed E-state index contributed by atoms with van der Waals surface area (Å²) in [5.41, 5.74) is 0.895. The molecule has 3 aromatic carbocycles. The van der Waals surface area contributed by atoms with Gasteiger partial charge in [0, 0.05) is 36.7 Å². The summed E-state index contributed by atoms with van der Waals surface area (Å²) in [6, 6.07) is 18.3. The molecule has 0 saturated carbocycles. The number of halogens is 1. The first-order chi connectivity index (χ1) is 19.9. The second kappa shape index (κ2) is 14.6. The summed E-state index contributed by atoms with van der Waals surface area (Å²) in [7, 11) is -2.87. The average molecular weight is 617 g/mol. The Balaban J connectivity index is 2.11. The van der Waals surface area contributed by atoms with Crippen molar-refractivity contribution in [3.63, 3.8) is 0 Å². The SMILES string of the molecule is CCCNC(=O)[C@H](Cc1ccccc1)N(Cc1ccc(Cl)cc1)C(=O)CN(c1cc([N+](=O)[O-])ccc1OC)S(C)(=O)=O. The van der Waals surface area contributed by atoms with Crippen LogP contribution in [0.5, 0.6) is 5.75 Å². The summed E-state index contributed by atoms with van der Waals surface area (Å²) in [6.45, 7) is 1.51. The summed E-state index contributed by atoms with van der Waals surface area (Å²) in [4.78, 5) is 39.8. The van der Waals surface area contributed by atoms with E-state index in [1.807, 2.05) is 37.3 Å². The molecule has 224 valence electrons. The van der Waals surface area contributed by atoms with Gasteiger partial charge in [-0.3, -0.25) is 24.0 Å². The quantitative estimate of drug-likeness (QED) is 0.212. The van der Waals surface area contributed by atoms with Gasteiger partial charge in [0.2, 0.25) is 21.8 Å². The third-order valence-electron chi connectivity index (χ3n) is 6.41. The van der Waals surface area contributed by atoms with Crippen LogP contribution in [-0.2, 0) is 32.6 Å². The minimum absolute atomic E-state index is 0.0181. The van der Waals surface area contributed by atoms with Crippen molar-refractivity contribution >= 4 is 44.8 Å². The van der Waals surface area contributed by atoms with E-state index < -0.39 is 39.3 Å². The first-order valence-electron chi connectivity index (χ1n) is 13.1. The minimum atomic E-state index is -4.15. The van der Waals surface area contributed by atoms with Crippen LogP contribution in [0.3, 0.4) is 0 Å². The first-order valence-corrected chi connectivity index (χ1v) is 15.3. The number of hydrogen-bond donors (Lipinski definition) is 1. The van der Waals surface area contributed by atoms with E-state index in [1.54, 1.807) is 24.3 Å². The largest absolute Gasteiger partial charge is 0.495 e. The van der Waals surface area contributed by atoms with Crippen LogP contribution >= 0.6 is 11.6 Å². The molecule has 0 heterocycles. The predicted molar refractivity (Wildman–Crippen MR) is 161 cm³/mol. The third kappa shape index (κ3) is 8.67. The molecule has 0 aliphatic heterocycles. The van der Waals surface area contributed by atoms with Gasteiger partial charge in [-0.2, -0.15) is 0 Å². The first kappa shape index (κ1) is 32.4.